The van der Waals surface area contributed by atoms with Crippen LogP contribution in [0.25, 0.3) is 0 Å². The van der Waals surface area contributed by atoms with Gasteiger partial charge in [0.1, 0.15) is 0 Å². The van der Waals surface area contributed by atoms with E-state index in [9.17, 15) is 5.11 Å². The standard InChI is InChI=1S/C12H16O/c13-11-6-2-5-9-3-1-4-10-7-8-12(9,10)11/h1,3,7-11,13H,2,4-6H2/t9-,10-,11+,12-/m0/s1. The minimum atomic E-state index is -0.0776. The van der Waals surface area contributed by atoms with Gasteiger partial charge in [-0.05, 0) is 31.1 Å². The molecule has 0 saturated heterocycles. The molecule has 1 N–H and O–H groups in total. The maximum Gasteiger partial charge on any atom is 0.0642 e. The SMILES string of the molecule is O[C@@H]1CCC[C@@H]2C=CC[C@H]3C=C[C@@]132. The summed E-state index contributed by atoms with van der Waals surface area (Å²) in [6.07, 6.45) is 13.7. The number of rotatable bonds is 0. The first-order valence-corrected chi connectivity index (χ1v) is 5.38. The lowest BCUT2D eigenvalue weighted by atomic mass is 9.50. The van der Waals surface area contributed by atoms with E-state index in [4.69, 9.17) is 0 Å². The molecule has 3 aliphatic rings. The summed E-state index contributed by atoms with van der Waals surface area (Å²) in [7, 11) is 0. The van der Waals surface area contributed by atoms with Crippen molar-refractivity contribution in [3.05, 3.63) is 24.3 Å². The van der Waals surface area contributed by atoms with E-state index in [0.29, 0.717) is 11.8 Å². The van der Waals surface area contributed by atoms with Crippen LogP contribution >= 0.6 is 0 Å². The maximum atomic E-state index is 10.1. The summed E-state index contributed by atoms with van der Waals surface area (Å²) in [5, 5.41) is 10.1. The van der Waals surface area contributed by atoms with E-state index in [1.165, 1.54) is 12.8 Å². The minimum Gasteiger partial charge on any atom is -0.392 e. The van der Waals surface area contributed by atoms with Gasteiger partial charge in [-0.25, -0.2) is 0 Å². The fourth-order valence-electron chi connectivity index (χ4n) is 3.42. The summed E-state index contributed by atoms with van der Waals surface area (Å²) in [6.45, 7) is 0. The molecule has 0 radical (unpaired) electrons. The van der Waals surface area contributed by atoms with E-state index >= 15 is 0 Å². The molecule has 0 aliphatic heterocycles. The third-order valence-corrected chi connectivity index (χ3v) is 4.23. The van der Waals surface area contributed by atoms with Gasteiger partial charge in [-0.2, -0.15) is 0 Å². The van der Waals surface area contributed by atoms with Crippen LogP contribution in [0.4, 0.5) is 0 Å². The van der Waals surface area contributed by atoms with Gasteiger partial charge in [-0.3, -0.25) is 0 Å². The average molecular weight is 176 g/mol. The molecular formula is C12H16O. The second-order valence-electron chi connectivity index (χ2n) is 4.68. The van der Waals surface area contributed by atoms with Crippen molar-refractivity contribution in [1.82, 2.24) is 0 Å². The highest BCUT2D eigenvalue weighted by molar-refractivity contribution is 5.30. The highest BCUT2D eigenvalue weighted by atomic mass is 16.3. The third kappa shape index (κ3) is 0.812. The van der Waals surface area contributed by atoms with Gasteiger partial charge in [0.25, 0.3) is 0 Å². The van der Waals surface area contributed by atoms with Gasteiger partial charge in [0.15, 0.2) is 0 Å². The Morgan fingerprint density at radius 3 is 2.77 bits per heavy atom. The maximum absolute atomic E-state index is 10.1. The fourth-order valence-corrected chi connectivity index (χ4v) is 3.42. The van der Waals surface area contributed by atoms with Crippen LogP contribution in [-0.2, 0) is 0 Å². The molecule has 0 amide bonds. The minimum absolute atomic E-state index is 0.0776. The van der Waals surface area contributed by atoms with Crippen molar-refractivity contribution in [3.8, 4) is 0 Å². The van der Waals surface area contributed by atoms with Crippen LogP contribution in [0.5, 0.6) is 0 Å². The lowest BCUT2D eigenvalue weighted by molar-refractivity contribution is -0.0510. The first-order chi connectivity index (χ1) is 6.34. The summed E-state index contributed by atoms with van der Waals surface area (Å²) in [4.78, 5) is 0. The highest BCUT2D eigenvalue weighted by Gasteiger charge is 2.53. The third-order valence-electron chi connectivity index (χ3n) is 4.23. The molecule has 3 rings (SSSR count). The normalized spacial score (nSPS) is 52.2. The van der Waals surface area contributed by atoms with Crippen LogP contribution in [0.15, 0.2) is 24.3 Å². The Labute approximate surface area is 79.2 Å². The molecule has 1 spiro atoms. The predicted molar refractivity (Wildman–Crippen MR) is 52.2 cm³/mol. The van der Waals surface area contributed by atoms with E-state index in [1.54, 1.807) is 0 Å². The molecule has 3 aliphatic carbocycles. The van der Waals surface area contributed by atoms with E-state index < -0.39 is 0 Å². The molecule has 4 atom stereocenters. The molecule has 1 saturated carbocycles. The Morgan fingerprint density at radius 1 is 1.15 bits per heavy atom. The monoisotopic (exact) mass is 176 g/mol. The number of allylic oxidation sites excluding steroid dienone is 3. The molecule has 1 fully saturated rings. The van der Waals surface area contributed by atoms with Crippen LogP contribution in [0.1, 0.15) is 25.7 Å². The predicted octanol–water partition coefficient (Wildman–Crippen LogP) is 2.28. The van der Waals surface area contributed by atoms with Crippen molar-refractivity contribution in [2.45, 2.75) is 31.8 Å². The molecule has 0 bridgehead atoms. The first kappa shape index (κ1) is 7.81. The molecule has 0 heterocycles. The zero-order chi connectivity index (χ0) is 8.89. The van der Waals surface area contributed by atoms with E-state index in [-0.39, 0.29) is 11.5 Å². The Morgan fingerprint density at radius 2 is 2.08 bits per heavy atom. The molecule has 13 heavy (non-hydrogen) atoms. The number of hydrogen-bond acceptors (Lipinski definition) is 1. The van der Waals surface area contributed by atoms with Crippen molar-refractivity contribution >= 4 is 0 Å². The van der Waals surface area contributed by atoms with Gasteiger partial charge in [-0.1, -0.05) is 30.7 Å². The summed E-state index contributed by atoms with van der Waals surface area (Å²) < 4.78 is 0. The van der Waals surface area contributed by atoms with Gasteiger partial charge < -0.3 is 5.11 Å². The lowest BCUT2D eigenvalue weighted by Gasteiger charge is -2.55. The second kappa shape index (κ2) is 2.48. The summed E-state index contributed by atoms with van der Waals surface area (Å²) in [5.74, 6) is 1.26. The molecule has 0 aromatic carbocycles. The second-order valence-corrected chi connectivity index (χ2v) is 4.68. The van der Waals surface area contributed by atoms with Gasteiger partial charge in [0, 0.05) is 5.41 Å². The zero-order valence-electron chi connectivity index (χ0n) is 7.82. The summed E-state index contributed by atoms with van der Waals surface area (Å²) >= 11 is 0. The van der Waals surface area contributed by atoms with Crippen LogP contribution in [0, 0.1) is 17.3 Å². The van der Waals surface area contributed by atoms with Crippen LogP contribution < -0.4 is 0 Å². The van der Waals surface area contributed by atoms with E-state index in [2.05, 4.69) is 24.3 Å². The van der Waals surface area contributed by atoms with E-state index in [0.717, 1.165) is 12.8 Å². The molecule has 70 valence electrons. The molecule has 1 nitrogen and oxygen atoms in total. The molecule has 0 aromatic heterocycles. The van der Waals surface area contributed by atoms with Crippen molar-refractivity contribution in [1.29, 1.82) is 0 Å². The number of aliphatic hydroxyl groups is 1. The number of hydrogen-bond donors (Lipinski definition) is 1. The molecule has 0 unspecified atom stereocenters. The first-order valence-electron chi connectivity index (χ1n) is 5.38. The lowest BCUT2D eigenvalue weighted by Crippen LogP contribution is -2.53. The molecule has 0 aromatic rings. The smallest absolute Gasteiger partial charge is 0.0642 e. The Hall–Kier alpha value is -0.560. The van der Waals surface area contributed by atoms with Crippen molar-refractivity contribution in [2.75, 3.05) is 0 Å². The quantitative estimate of drug-likeness (QED) is 0.561. The highest BCUT2D eigenvalue weighted by Crippen LogP contribution is 2.57. The Kier molecular flexibility index (Phi) is 1.49. The van der Waals surface area contributed by atoms with Gasteiger partial charge >= 0.3 is 0 Å². The van der Waals surface area contributed by atoms with Crippen molar-refractivity contribution in [2.24, 2.45) is 17.3 Å². The van der Waals surface area contributed by atoms with Crippen molar-refractivity contribution < 1.29 is 5.11 Å². The van der Waals surface area contributed by atoms with Gasteiger partial charge in [0.05, 0.1) is 6.10 Å². The number of aliphatic hydroxyl groups excluding tert-OH is 1. The largest absolute Gasteiger partial charge is 0.392 e. The topological polar surface area (TPSA) is 20.2 Å². The zero-order valence-corrected chi connectivity index (χ0v) is 7.82. The Bertz CT molecular complexity index is 279. The van der Waals surface area contributed by atoms with Crippen LogP contribution in [-0.4, -0.2) is 11.2 Å². The fraction of sp³-hybridized carbons (Fsp3) is 0.667. The molecular weight excluding hydrogens is 160 g/mol. The summed E-state index contributed by atoms with van der Waals surface area (Å²) in [5.41, 5.74) is 0.160. The van der Waals surface area contributed by atoms with Crippen molar-refractivity contribution in [3.63, 3.8) is 0 Å². The average Bonchev–Trinajstić information content (AvgIpc) is 2.09. The van der Waals surface area contributed by atoms with Crippen LogP contribution in [0.3, 0.4) is 0 Å². The van der Waals surface area contributed by atoms with Gasteiger partial charge in [-0.15, -0.1) is 0 Å². The van der Waals surface area contributed by atoms with Gasteiger partial charge in [0.2, 0.25) is 0 Å². The van der Waals surface area contributed by atoms with E-state index in [1.807, 2.05) is 0 Å². The van der Waals surface area contributed by atoms with Crippen LogP contribution in [0.2, 0.25) is 0 Å². The Balaban J connectivity index is 2.02. The summed E-state index contributed by atoms with van der Waals surface area (Å²) in [6, 6.07) is 0. The molecule has 1 heteroatoms.